The number of nitrogens with zero attached hydrogens (tertiary/aromatic N) is 2. The summed E-state index contributed by atoms with van der Waals surface area (Å²) in [7, 11) is 0. The van der Waals surface area contributed by atoms with Gasteiger partial charge < -0.3 is 4.98 Å². The van der Waals surface area contributed by atoms with E-state index < -0.39 is 0 Å². The Labute approximate surface area is 121 Å². The molecule has 2 aromatic heterocycles. The Morgan fingerprint density at radius 1 is 1.25 bits per heavy atom. The standard InChI is InChI=1S/C15H14ClN3O/c1-9-7-13-14(17-9)18-10(2)19(15(13)20)8-11-3-5-12(16)6-4-11/h3-7,17H,8H2,1-2H3. The van der Waals surface area contributed by atoms with Gasteiger partial charge in [-0.1, -0.05) is 23.7 Å². The third-order valence-electron chi connectivity index (χ3n) is 3.33. The predicted molar refractivity (Wildman–Crippen MR) is 80.4 cm³/mol. The highest BCUT2D eigenvalue weighted by Crippen LogP contribution is 2.13. The van der Waals surface area contributed by atoms with Crippen molar-refractivity contribution in [2.45, 2.75) is 20.4 Å². The Morgan fingerprint density at radius 2 is 1.95 bits per heavy atom. The van der Waals surface area contributed by atoms with Gasteiger partial charge in [0.25, 0.3) is 5.56 Å². The molecule has 0 aliphatic rings. The Hall–Kier alpha value is -2.07. The number of rotatable bonds is 2. The van der Waals surface area contributed by atoms with Crippen molar-refractivity contribution in [3.05, 3.63) is 62.8 Å². The monoisotopic (exact) mass is 287 g/mol. The zero-order valence-corrected chi connectivity index (χ0v) is 12.0. The van der Waals surface area contributed by atoms with Gasteiger partial charge >= 0.3 is 0 Å². The van der Waals surface area contributed by atoms with E-state index >= 15 is 0 Å². The van der Waals surface area contributed by atoms with Crippen molar-refractivity contribution >= 4 is 22.6 Å². The third kappa shape index (κ3) is 2.23. The maximum absolute atomic E-state index is 12.5. The number of benzene rings is 1. The molecular weight excluding hydrogens is 274 g/mol. The lowest BCUT2D eigenvalue weighted by Crippen LogP contribution is -2.24. The van der Waals surface area contributed by atoms with Gasteiger partial charge in [0, 0.05) is 10.7 Å². The number of nitrogens with one attached hydrogen (secondary N) is 1. The van der Waals surface area contributed by atoms with E-state index in [1.807, 2.05) is 44.2 Å². The van der Waals surface area contributed by atoms with Gasteiger partial charge in [0.2, 0.25) is 0 Å². The molecule has 20 heavy (non-hydrogen) atoms. The molecule has 102 valence electrons. The first kappa shape index (κ1) is 12.9. The largest absolute Gasteiger partial charge is 0.343 e. The quantitative estimate of drug-likeness (QED) is 0.787. The van der Waals surface area contributed by atoms with Crippen molar-refractivity contribution in [2.75, 3.05) is 0 Å². The fourth-order valence-corrected chi connectivity index (χ4v) is 2.43. The average Bonchev–Trinajstić information content (AvgIpc) is 2.77. The van der Waals surface area contributed by atoms with Crippen LogP contribution in [0, 0.1) is 13.8 Å². The Balaban J connectivity index is 2.11. The molecule has 5 heteroatoms. The molecule has 0 unspecified atom stereocenters. The summed E-state index contributed by atoms with van der Waals surface area (Å²) < 4.78 is 1.68. The summed E-state index contributed by atoms with van der Waals surface area (Å²) in [6.45, 7) is 4.25. The smallest absolute Gasteiger partial charge is 0.263 e. The summed E-state index contributed by atoms with van der Waals surface area (Å²) in [6, 6.07) is 9.32. The first-order valence-corrected chi connectivity index (χ1v) is 6.73. The maximum atomic E-state index is 12.5. The lowest BCUT2D eigenvalue weighted by molar-refractivity contribution is 0.712. The number of hydrogen-bond donors (Lipinski definition) is 1. The second-order valence-electron chi connectivity index (χ2n) is 4.89. The van der Waals surface area contributed by atoms with E-state index in [4.69, 9.17) is 11.6 Å². The molecule has 0 aliphatic carbocycles. The fraction of sp³-hybridized carbons (Fsp3) is 0.200. The third-order valence-corrected chi connectivity index (χ3v) is 3.58. The molecule has 3 aromatic rings. The first-order chi connectivity index (χ1) is 9.54. The average molecular weight is 288 g/mol. The molecule has 4 nitrogen and oxygen atoms in total. The summed E-state index contributed by atoms with van der Waals surface area (Å²) in [5.41, 5.74) is 2.59. The molecule has 0 amide bonds. The van der Waals surface area contributed by atoms with Crippen LogP contribution >= 0.6 is 11.6 Å². The summed E-state index contributed by atoms with van der Waals surface area (Å²) in [4.78, 5) is 20.1. The number of fused-ring (bicyclic) bond motifs is 1. The van der Waals surface area contributed by atoms with Crippen LogP contribution in [0.25, 0.3) is 11.0 Å². The molecule has 0 bridgehead atoms. The van der Waals surface area contributed by atoms with Crippen LogP contribution in [0.4, 0.5) is 0 Å². The van der Waals surface area contributed by atoms with E-state index in [2.05, 4.69) is 9.97 Å². The molecule has 0 saturated carbocycles. The molecule has 0 radical (unpaired) electrons. The molecule has 0 atom stereocenters. The first-order valence-electron chi connectivity index (χ1n) is 6.36. The predicted octanol–water partition coefficient (Wildman–Crippen LogP) is 3.04. The van der Waals surface area contributed by atoms with Crippen molar-refractivity contribution in [2.24, 2.45) is 0 Å². The second-order valence-corrected chi connectivity index (χ2v) is 5.33. The minimum absolute atomic E-state index is 0.0215. The van der Waals surface area contributed by atoms with E-state index in [9.17, 15) is 4.79 Å². The minimum Gasteiger partial charge on any atom is -0.343 e. The molecule has 2 heterocycles. The van der Waals surface area contributed by atoms with Gasteiger partial charge in [-0.2, -0.15) is 0 Å². The summed E-state index contributed by atoms with van der Waals surface area (Å²) in [5, 5.41) is 1.31. The molecular formula is C15H14ClN3O. The topological polar surface area (TPSA) is 50.7 Å². The van der Waals surface area contributed by atoms with Crippen LogP contribution in [0.5, 0.6) is 0 Å². The van der Waals surface area contributed by atoms with Crippen LogP contribution in [-0.2, 0) is 6.54 Å². The highest BCUT2D eigenvalue weighted by molar-refractivity contribution is 6.30. The van der Waals surface area contributed by atoms with Gasteiger partial charge in [-0.25, -0.2) is 4.98 Å². The molecule has 1 aromatic carbocycles. The Morgan fingerprint density at radius 3 is 2.65 bits per heavy atom. The lowest BCUT2D eigenvalue weighted by Gasteiger charge is -2.09. The number of halogens is 1. The van der Waals surface area contributed by atoms with Gasteiger partial charge in [-0.05, 0) is 37.6 Å². The highest BCUT2D eigenvalue weighted by Gasteiger charge is 2.10. The maximum Gasteiger partial charge on any atom is 0.263 e. The van der Waals surface area contributed by atoms with Gasteiger partial charge in [-0.3, -0.25) is 9.36 Å². The number of H-pyrrole nitrogens is 1. The van der Waals surface area contributed by atoms with Crippen LogP contribution < -0.4 is 5.56 Å². The second kappa shape index (κ2) is 4.80. The molecule has 3 rings (SSSR count). The lowest BCUT2D eigenvalue weighted by atomic mass is 10.2. The van der Waals surface area contributed by atoms with Crippen molar-refractivity contribution in [3.63, 3.8) is 0 Å². The number of aryl methyl sites for hydroxylation is 2. The van der Waals surface area contributed by atoms with E-state index in [1.165, 1.54) is 0 Å². The molecule has 0 aliphatic heterocycles. The number of hydrogen-bond acceptors (Lipinski definition) is 2. The van der Waals surface area contributed by atoms with E-state index in [1.54, 1.807) is 4.57 Å². The SMILES string of the molecule is Cc1cc2c(=O)n(Cc3ccc(Cl)cc3)c(C)nc2[nH]1. The van der Waals surface area contributed by atoms with E-state index in [0.717, 1.165) is 11.3 Å². The number of aromatic amines is 1. The van der Waals surface area contributed by atoms with Crippen LogP contribution in [-0.4, -0.2) is 14.5 Å². The van der Waals surface area contributed by atoms with Gasteiger partial charge in [-0.15, -0.1) is 0 Å². The van der Waals surface area contributed by atoms with Crippen LogP contribution in [0.2, 0.25) is 5.02 Å². The number of aromatic nitrogens is 3. The zero-order chi connectivity index (χ0) is 14.3. The van der Waals surface area contributed by atoms with Crippen molar-refractivity contribution in [1.82, 2.24) is 14.5 Å². The van der Waals surface area contributed by atoms with E-state index in [-0.39, 0.29) is 5.56 Å². The van der Waals surface area contributed by atoms with E-state index in [0.29, 0.717) is 28.4 Å². The normalized spacial score (nSPS) is 11.2. The van der Waals surface area contributed by atoms with Crippen molar-refractivity contribution in [1.29, 1.82) is 0 Å². The Kier molecular flexibility index (Phi) is 3.10. The van der Waals surface area contributed by atoms with Crippen LogP contribution in [0.1, 0.15) is 17.1 Å². The van der Waals surface area contributed by atoms with Crippen molar-refractivity contribution < 1.29 is 0 Å². The Bertz CT molecular complexity index is 831. The van der Waals surface area contributed by atoms with Crippen LogP contribution in [0.15, 0.2) is 35.1 Å². The fourth-order valence-electron chi connectivity index (χ4n) is 2.30. The molecule has 0 saturated heterocycles. The minimum atomic E-state index is -0.0215. The highest BCUT2D eigenvalue weighted by atomic mass is 35.5. The summed E-state index contributed by atoms with van der Waals surface area (Å²) in [5.74, 6) is 0.694. The zero-order valence-electron chi connectivity index (χ0n) is 11.3. The van der Waals surface area contributed by atoms with Gasteiger partial charge in [0.05, 0.1) is 11.9 Å². The van der Waals surface area contributed by atoms with Gasteiger partial charge in [0.1, 0.15) is 11.5 Å². The molecule has 1 N–H and O–H groups in total. The summed E-state index contributed by atoms with van der Waals surface area (Å²) in [6.07, 6.45) is 0. The molecule has 0 spiro atoms. The van der Waals surface area contributed by atoms with Crippen molar-refractivity contribution in [3.8, 4) is 0 Å². The van der Waals surface area contributed by atoms with Gasteiger partial charge in [0.15, 0.2) is 0 Å². The van der Waals surface area contributed by atoms with Crippen LogP contribution in [0.3, 0.4) is 0 Å². The molecule has 0 fully saturated rings. The summed E-state index contributed by atoms with van der Waals surface area (Å²) >= 11 is 5.87.